The lowest BCUT2D eigenvalue weighted by molar-refractivity contribution is 0.428. The number of benzene rings is 1. The van der Waals surface area contributed by atoms with Gasteiger partial charge in [-0.05, 0) is 37.0 Å². The average molecular weight is 343 g/mol. The minimum atomic E-state index is 0.421. The van der Waals surface area contributed by atoms with Crippen molar-refractivity contribution in [2.75, 3.05) is 5.75 Å². The third kappa shape index (κ3) is 5.46. The van der Waals surface area contributed by atoms with Crippen molar-refractivity contribution in [2.45, 2.75) is 49.5 Å². The Kier molecular flexibility index (Phi) is 6.71. The summed E-state index contributed by atoms with van der Waals surface area (Å²) in [6, 6.07) is 8.87. The molecule has 106 valence electrons. The molecule has 3 N–H and O–H groups in total. The summed E-state index contributed by atoms with van der Waals surface area (Å²) >= 11 is 5.39. The highest BCUT2D eigenvalue weighted by atomic mass is 79.9. The smallest absolute Gasteiger partial charge is 0.0304 e. The predicted molar refractivity (Wildman–Crippen MR) is 87.2 cm³/mol. The van der Waals surface area contributed by atoms with Gasteiger partial charge in [0.15, 0.2) is 0 Å². The van der Waals surface area contributed by atoms with Gasteiger partial charge in [0.2, 0.25) is 0 Å². The maximum Gasteiger partial charge on any atom is 0.0304 e. The van der Waals surface area contributed by atoms with Crippen LogP contribution in [0.4, 0.5) is 0 Å². The Labute approximate surface area is 129 Å². The fourth-order valence-corrected chi connectivity index (χ4v) is 4.30. The number of rotatable bonds is 7. The Bertz CT molecular complexity index is 380. The first kappa shape index (κ1) is 15.4. The molecule has 0 heterocycles. The minimum Gasteiger partial charge on any atom is -0.271 e. The minimum absolute atomic E-state index is 0.421. The van der Waals surface area contributed by atoms with Crippen LogP contribution in [-0.4, -0.2) is 11.8 Å². The van der Waals surface area contributed by atoms with Crippen LogP contribution in [-0.2, 0) is 0 Å². The standard InChI is InChI=1S/C15H23BrN2S/c16-13-6-3-7-15(10-13)19-11-14(18-17)9-8-12-4-1-2-5-12/h3,6-7,10,12,14,18H,1-2,4-5,8-9,11,17H2. The Balaban J connectivity index is 1.72. The molecule has 0 amide bonds. The van der Waals surface area contributed by atoms with Gasteiger partial charge in [0.1, 0.15) is 0 Å². The summed E-state index contributed by atoms with van der Waals surface area (Å²) < 4.78 is 1.14. The lowest BCUT2D eigenvalue weighted by atomic mass is 9.99. The van der Waals surface area contributed by atoms with E-state index < -0.39 is 0 Å². The Morgan fingerprint density at radius 2 is 2.16 bits per heavy atom. The summed E-state index contributed by atoms with van der Waals surface area (Å²) in [5.74, 6) is 7.67. The van der Waals surface area contributed by atoms with Gasteiger partial charge in [0, 0.05) is 21.2 Å². The summed E-state index contributed by atoms with van der Waals surface area (Å²) in [5, 5.41) is 0. The van der Waals surface area contributed by atoms with Crippen LogP contribution in [0, 0.1) is 5.92 Å². The Morgan fingerprint density at radius 3 is 2.84 bits per heavy atom. The van der Waals surface area contributed by atoms with E-state index >= 15 is 0 Å². The van der Waals surface area contributed by atoms with Gasteiger partial charge in [0.05, 0.1) is 0 Å². The van der Waals surface area contributed by atoms with E-state index in [1.165, 1.54) is 43.4 Å². The summed E-state index contributed by atoms with van der Waals surface area (Å²) in [6.07, 6.45) is 8.23. The lowest BCUT2D eigenvalue weighted by Gasteiger charge is -2.17. The zero-order valence-electron chi connectivity index (χ0n) is 11.3. The van der Waals surface area contributed by atoms with Crippen molar-refractivity contribution in [1.29, 1.82) is 0 Å². The summed E-state index contributed by atoms with van der Waals surface area (Å²) in [6.45, 7) is 0. The highest BCUT2D eigenvalue weighted by Crippen LogP contribution is 2.30. The molecule has 4 heteroatoms. The predicted octanol–water partition coefficient (Wildman–Crippen LogP) is 4.34. The van der Waals surface area contributed by atoms with E-state index in [0.717, 1.165) is 16.1 Å². The van der Waals surface area contributed by atoms with Gasteiger partial charge in [-0.3, -0.25) is 11.3 Å². The maximum atomic E-state index is 5.68. The molecule has 0 aliphatic heterocycles. The Hall–Kier alpha value is -0.0300. The molecule has 0 bridgehead atoms. The number of nitrogens with two attached hydrogens (primary N) is 1. The molecule has 0 saturated heterocycles. The van der Waals surface area contributed by atoms with Crippen molar-refractivity contribution in [3.05, 3.63) is 28.7 Å². The van der Waals surface area contributed by atoms with Gasteiger partial charge < -0.3 is 0 Å². The largest absolute Gasteiger partial charge is 0.271 e. The first-order valence-electron chi connectivity index (χ1n) is 7.12. The van der Waals surface area contributed by atoms with Crippen molar-refractivity contribution >= 4 is 27.7 Å². The molecule has 19 heavy (non-hydrogen) atoms. The van der Waals surface area contributed by atoms with Crippen LogP contribution in [0.5, 0.6) is 0 Å². The molecule has 1 atom stereocenters. The molecule has 1 aliphatic rings. The number of halogens is 1. The lowest BCUT2D eigenvalue weighted by Crippen LogP contribution is -2.37. The molecule has 1 aromatic rings. The van der Waals surface area contributed by atoms with Crippen molar-refractivity contribution < 1.29 is 0 Å². The van der Waals surface area contributed by atoms with Gasteiger partial charge in [-0.2, -0.15) is 0 Å². The summed E-state index contributed by atoms with van der Waals surface area (Å²) in [7, 11) is 0. The molecular formula is C15H23BrN2S. The summed E-state index contributed by atoms with van der Waals surface area (Å²) in [5.41, 5.74) is 2.98. The quantitative estimate of drug-likeness (QED) is 0.439. The Morgan fingerprint density at radius 1 is 1.37 bits per heavy atom. The molecule has 1 aromatic carbocycles. The second-order valence-electron chi connectivity index (χ2n) is 5.36. The fourth-order valence-electron chi connectivity index (χ4n) is 2.70. The monoisotopic (exact) mass is 342 g/mol. The highest BCUT2D eigenvalue weighted by molar-refractivity contribution is 9.10. The number of hydrogen-bond acceptors (Lipinski definition) is 3. The van der Waals surface area contributed by atoms with E-state index in [0.29, 0.717) is 6.04 Å². The van der Waals surface area contributed by atoms with Crippen LogP contribution in [0.2, 0.25) is 0 Å². The SMILES string of the molecule is NNC(CCC1CCCC1)CSc1cccc(Br)c1. The first-order chi connectivity index (χ1) is 9.28. The number of nitrogens with one attached hydrogen (secondary N) is 1. The molecule has 1 unspecified atom stereocenters. The zero-order chi connectivity index (χ0) is 13.5. The van der Waals surface area contributed by atoms with Crippen LogP contribution in [0.25, 0.3) is 0 Å². The van der Waals surface area contributed by atoms with Gasteiger partial charge in [-0.1, -0.05) is 47.7 Å². The van der Waals surface area contributed by atoms with E-state index in [9.17, 15) is 0 Å². The molecule has 0 spiro atoms. The maximum absolute atomic E-state index is 5.68. The molecular weight excluding hydrogens is 320 g/mol. The van der Waals surface area contributed by atoms with Gasteiger partial charge in [0.25, 0.3) is 0 Å². The van der Waals surface area contributed by atoms with Crippen LogP contribution in [0.15, 0.2) is 33.6 Å². The second-order valence-corrected chi connectivity index (χ2v) is 7.37. The third-order valence-electron chi connectivity index (χ3n) is 3.88. The number of thioether (sulfide) groups is 1. The van der Waals surface area contributed by atoms with Crippen LogP contribution in [0.3, 0.4) is 0 Å². The van der Waals surface area contributed by atoms with E-state index in [4.69, 9.17) is 5.84 Å². The molecule has 1 fully saturated rings. The van der Waals surface area contributed by atoms with Crippen LogP contribution >= 0.6 is 27.7 Å². The molecule has 0 radical (unpaired) electrons. The zero-order valence-corrected chi connectivity index (χ0v) is 13.7. The molecule has 0 aromatic heterocycles. The molecule has 1 saturated carbocycles. The number of hydrazine groups is 1. The van der Waals surface area contributed by atoms with E-state index in [-0.39, 0.29) is 0 Å². The van der Waals surface area contributed by atoms with Crippen molar-refractivity contribution in [3.8, 4) is 0 Å². The topological polar surface area (TPSA) is 38.0 Å². The molecule has 2 nitrogen and oxygen atoms in total. The van der Waals surface area contributed by atoms with E-state index in [1.54, 1.807) is 0 Å². The molecule has 2 rings (SSSR count). The fraction of sp³-hybridized carbons (Fsp3) is 0.600. The average Bonchev–Trinajstić information content (AvgIpc) is 2.92. The van der Waals surface area contributed by atoms with Crippen LogP contribution < -0.4 is 11.3 Å². The third-order valence-corrected chi connectivity index (χ3v) is 5.53. The van der Waals surface area contributed by atoms with Gasteiger partial charge in [-0.25, -0.2) is 0 Å². The number of hydrogen-bond donors (Lipinski definition) is 2. The van der Waals surface area contributed by atoms with E-state index in [2.05, 4.69) is 45.6 Å². The first-order valence-corrected chi connectivity index (χ1v) is 8.90. The van der Waals surface area contributed by atoms with Gasteiger partial charge >= 0.3 is 0 Å². The summed E-state index contributed by atoms with van der Waals surface area (Å²) in [4.78, 5) is 1.30. The highest BCUT2D eigenvalue weighted by Gasteiger charge is 2.17. The van der Waals surface area contributed by atoms with Gasteiger partial charge in [-0.15, -0.1) is 11.8 Å². The van der Waals surface area contributed by atoms with Crippen molar-refractivity contribution in [2.24, 2.45) is 11.8 Å². The van der Waals surface area contributed by atoms with E-state index in [1.807, 2.05) is 11.8 Å². The van der Waals surface area contributed by atoms with Crippen molar-refractivity contribution in [1.82, 2.24) is 5.43 Å². The van der Waals surface area contributed by atoms with Crippen LogP contribution in [0.1, 0.15) is 38.5 Å². The second kappa shape index (κ2) is 8.30. The normalized spacial score (nSPS) is 17.8. The molecule has 1 aliphatic carbocycles. The van der Waals surface area contributed by atoms with Crippen molar-refractivity contribution in [3.63, 3.8) is 0 Å².